The number of rotatable bonds is 4. The molecular formula is C12H18F3NO3. The molecule has 1 aliphatic rings. The maximum Gasteiger partial charge on any atom is 0.391 e. The molecular weight excluding hydrogens is 263 g/mol. The number of alkyl halides is 3. The van der Waals surface area contributed by atoms with Crippen molar-refractivity contribution in [3.05, 3.63) is 0 Å². The molecule has 1 rings (SSSR count). The number of carbonyl (C=O) groups excluding carboxylic acids is 1. The number of carboxylic acids is 1. The first kappa shape index (κ1) is 15.8. The van der Waals surface area contributed by atoms with Crippen molar-refractivity contribution in [2.45, 2.75) is 38.8 Å². The Kier molecular flexibility index (Phi) is 5.20. The molecule has 1 saturated carbocycles. The number of amides is 1. The third-order valence-corrected chi connectivity index (χ3v) is 3.56. The molecule has 0 aromatic carbocycles. The summed E-state index contributed by atoms with van der Waals surface area (Å²) in [4.78, 5) is 22.3. The van der Waals surface area contributed by atoms with Gasteiger partial charge < -0.3 is 10.4 Å². The molecule has 0 saturated heterocycles. The molecule has 110 valence electrons. The molecule has 0 radical (unpaired) electrons. The van der Waals surface area contributed by atoms with Crippen LogP contribution >= 0.6 is 0 Å². The predicted octanol–water partition coefficient (Wildman–Crippen LogP) is 2.19. The van der Waals surface area contributed by atoms with E-state index in [9.17, 15) is 22.8 Å². The Hall–Kier alpha value is -1.27. The Morgan fingerprint density at radius 3 is 2.21 bits per heavy atom. The molecule has 0 aromatic rings. The first-order valence-electron chi connectivity index (χ1n) is 6.29. The smallest absolute Gasteiger partial charge is 0.391 e. The van der Waals surface area contributed by atoms with E-state index in [0.29, 0.717) is 0 Å². The third-order valence-electron chi connectivity index (χ3n) is 3.56. The lowest BCUT2D eigenvalue weighted by Crippen LogP contribution is -2.38. The van der Waals surface area contributed by atoms with Crippen LogP contribution in [0.3, 0.4) is 0 Å². The molecule has 4 nitrogen and oxygen atoms in total. The fourth-order valence-electron chi connectivity index (χ4n) is 2.17. The summed E-state index contributed by atoms with van der Waals surface area (Å²) < 4.78 is 37.3. The maximum absolute atomic E-state index is 12.4. The molecule has 1 amide bonds. The van der Waals surface area contributed by atoms with Gasteiger partial charge >= 0.3 is 12.1 Å². The van der Waals surface area contributed by atoms with E-state index >= 15 is 0 Å². The van der Waals surface area contributed by atoms with Crippen molar-refractivity contribution < 1.29 is 27.9 Å². The van der Waals surface area contributed by atoms with Gasteiger partial charge in [-0.2, -0.15) is 13.2 Å². The molecule has 0 aliphatic heterocycles. The van der Waals surface area contributed by atoms with Crippen LogP contribution < -0.4 is 5.32 Å². The van der Waals surface area contributed by atoms with E-state index in [1.165, 1.54) is 6.92 Å². The largest absolute Gasteiger partial charge is 0.481 e. The molecule has 1 fully saturated rings. The van der Waals surface area contributed by atoms with Crippen molar-refractivity contribution in [3.8, 4) is 0 Å². The Morgan fingerprint density at radius 1 is 1.26 bits per heavy atom. The maximum atomic E-state index is 12.4. The summed E-state index contributed by atoms with van der Waals surface area (Å²) in [6, 6.07) is 0. The number of halogens is 3. The summed E-state index contributed by atoms with van der Waals surface area (Å²) in [6.07, 6.45) is -3.83. The summed E-state index contributed by atoms with van der Waals surface area (Å²) in [7, 11) is 0. The van der Waals surface area contributed by atoms with Crippen LogP contribution in [0, 0.1) is 17.8 Å². The van der Waals surface area contributed by atoms with Gasteiger partial charge in [-0.1, -0.05) is 6.92 Å². The van der Waals surface area contributed by atoms with E-state index in [2.05, 4.69) is 5.32 Å². The zero-order chi connectivity index (χ0) is 14.6. The second-order valence-electron chi connectivity index (χ2n) is 5.07. The zero-order valence-corrected chi connectivity index (χ0v) is 10.7. The highest BCUT2D eigenvalue weighted by molar-refractivity contribution is 5.79. The van der Waals surface area contributed by atoms with E-state index in [0.717, 1.165) is 0 Å². The van der Waals surface area contributed by atoms with E-state index in [4.69, 9.17) is 5.11 Å². The van der Waals surface area contributed by atoms with Crippen molar-refractivity contribution in [3.63, 3.8) is 0 Å². The van der Waals surface area contributed by atoms with Gasteiger partial charge in [-0.15, -0.1) is 0 Å². The normalized spacial score (nSPS) is 25.7. The van der Waals surface area contributed by atoms with Crippen LogP contribution in [0.15, 0.2) is 0 Å². The minimum atomic E-state index is -4.18. The number of carbonyl (C=O) groups is 2. The van der Waals surface area contributed by atoms with Crippen LogP contribution in [-0.4, -0.2) is 29.7 Å². The fraction of sp³-hybridized carbons (Fsp3) is 0.833. The predicted molar refractivity (Wildman–Crippen MR) is 61.3 cm³/mol. The lowest BCUT2D eigenvalue weighted by Gasteiger charge is -2.29. The summed E-state index contributed by atoms with van der Waals surface area (Å²) in [5, 5.41) is 11.1. The van der Waals surface area contributed by atoms with Gasteiger partial charge in [0.05, 0.1) is 11.8 Å². The van der Waals surface area contributed by atoms with Crippen molar-refractivity contribution in [2.75, 3.05) is 6.54 Å². The van der Waals surface area contributed by atoms with Crippen molar-refractivity contribution in [1.29, 1.82) is 0 Å². The van der Waals surface area contributed by atoms with Gasteiger partial charge in [0.1, 0.15) is 0 Å². The van der Waals surface area contributed by atoms with Crippen LogP contribution in [0.4, 0.5) is 13.2 Å². The minimum absolute atomic E-state index is 0.00731. The van der Waals surface area contributed by atoms with E-state index in [-0.39, 0.29) is 38.1 Å². The van der Waals surface area contributed by atoms with Crippen LogP contribution in [0.25, 0.3) is 0 Å². The SMILES string of the molecule is CC(CNC(=O)C1CCC(C(F)(F)F)CC1)C(=O)O. The average Bonchev–Trinajstić information content (AvgIpc) is 2.34. The van der Waals surface area contributed by atoms with Gasteiger partial charge in [0, 0.05) is 12.5 Å². The third kappa shape index (κ3) is 4.72. The monoisotopic (exact) mass is 281 g/mol. The summed E-state index contributed by atoms with van der Waals surface area (Å²) in [5.41, 5.74) is 0. The van der Waals surface area contributed by atoms with Gasteiger partial charge in [0.15, 0.2) is 0 Å². The summed E-state index contributed by atoms with van der Waals surface area (Å²) in [6.45, 7) is 1.47. The highest BCUT2D eigenvalue weighted by Crippen LogP contribution is 2.39. The Bertz CT molecular complexity index is 336. The second-order valence-corrected chi connectivity index (χ2v) is 5.07. The van der Waals surface area contributed by atoms with Gasteiger partial charge in [0.25, 0.3) is 0 Å². The Labute approximate surface area is 109 Å². The van der Waals surface area contributed by atoms with Gasteiger partial charge in [-0.25, -0.2) is 0 Å². The Morgan fingerprint density at radius 2 is 1.79 bits per heavy atom. The number of carboxylic acid groups (broad SMARTS) is 1. The highest BCUT2D eigenvalue weighted by atomic mass is 19.4. The lowest BCUT2D eigenvalue weighted by atomic mass is 9.81. The van der Waals surface area contributed by atoms with Gasteiger partial charge in [0.2, 0.25) is 5.91 Å². The molecule has 7 heteroatoms. The topological polar surface area (TPSA) is 66.4 Å². The number of nitrogens with one attached hydrogen (secondary N) is 1. The first-order valence-corrected chi connectivity index (χ1v) is 6.29. The standard InChI is InChI=1S/C12H18F3NO3/c1-7(11(18)19)6-16-10(17)8-2-4-9(5-3-8)12(13,14)15/h7-9H,2-6H2,1H3,(H,16,17)(H,18,19). The van der Waals surface area contributed by atoms with Gasteiger partial charge in [-0.3, -0.25) is 9.59 Å². The van der Waals surface area contributed by atoms with E-state index < -0.39 is 29.9 Å². The molecule has 0 heterocycles. The second kappa shape index (κ2) is 6.25. The molecule has 1 atom stereocenters. The summed E-state index contributed by atoms with van der Waals surface area (Å²) >= 11 is 0. The van der Waals surface area contributed by atoms with Crippen LogP contribution in [0.2, 0.25) is 0 Å². The first-order chi connectivity index (χ1) is 8.71. The zero-order valence-electron chi connectivity index (χ0n) is 10.7. The molecule has 19 heavy (non-hydrogen) atoms. The number of aliphatic carboxylic acids is 1. The molecule has 0 spiro atoms. The molecule has 1 aliphatic carbocycles. The molecule has 2 N–H and O–H groups in total. The Balaban J connectivity index is 2.35. The van der Waals surface area contributed by atoms with E-state index in [1.807, 2.05) is 0 Å². The summed E-state index contributed by atoms with van der Waals surface area (Å²) in [5.74, 6) is -3.79. The van der Waals surface area contributed by atoms with Crippen LogP contribution in [0.5, 0.6) is 0 Å². The van der Waals surface area contributed by atoms with Gasteiger partial charge in [-0.05, 0) is 25.7 Å². The van der Waals surface area contributed by atoms with Crippen molar-refractivity contribution in [2.24, 2.45) is 17.8 Å². The number of hydrogen-bond donors (Lipinski definition) is 2. The highest BCUT2D eigenvalue weighted by Gasteiger charge is 2.42. The molecule has 1 unspecified atom stereocenters. The average molecular weight is 281 g/mol. The molecule has 0 bridgehead atoms. The van der Waals surface area contributed by atoms with Crippen LogP contribution in [-0.2, 0) is 9.59 Å². The van der Waals surface area contributed by atoms with Crippen molar-refractivity contribution >= 4 is 11.9 Å². The van der Waals surface area contributed by atoms with Crippen molar-refractivity contribution in [1.82, 2.24) is 5.32 Å². The quantitative estimate of drug-likeness (QED) is 0.830. The number of hydrogen-bond acceptors (Lipinski definition) is 2. The minimum Gasteiger partial charge on any atom is -0.481 e. The lowest BCUT2D eigenvalue weighted by molar-refractivity contribution is -0.184. The molecule has 0 aromatic heterocycles. The fourth-order valence-corrected chi connectivity index (χ4v) is 2.17. The van der Waals surface area contributed by atoms with Crippen LogP contribution in [0.1, 0.15) is 32.6 Å². The van der Waals surface area contributed by atoms with E-state index in [1.54, 1.807) is 0 Å².